The molecule has 0 amide bonds. The van der Waals surface area contributed by atoms with Crippen LogP contribution in [-0.4, -0.2) is 0 Å². The Labute approximate surface area is 133 Å². The van der Waals surface area contributed by atoms with Gasteiger partial charge in [0.2, 0.25) is 0 Å². The van der Waals surface area contributed by atoms with Crippen LogP contribution in [0.4, 0.5) is 0 Å². The second kappa shape index (κ2) is 6.19. The third kappa shape index (κ3) is 3.12. The fraction of sp³-hybridized carbons (Fsp3) is 0.182. The van der Waals surface area contributed by atoms with Crippen molar-refractivity contribution >= 4 is 0 Å². The van der Waals surface area contributed by atoms with Crippen molar-refractivity contribution in [1.29, 1.82) is 0 Å². The highest BCUT2D eigenvalue weighted by Crippen LogP contribution is 2.29. The van der Waals surface area contributed by atoms with Crippen molar-refractivity contribution < 1.29 is 0 Å². The van der Waals surface area contributed by atoms with Gasteiger partial charge in [0, 0.05) is 0 Å². The summed E-state index contributed by atoms with van der Waals surface area (Å²) in [4.78, 5) is 0. The van der Waals surface area contributed by atoms with Gasteiger partial charge >= 0.3 is 0 Å². The molecule has 110 valence electrons. The molecule has 22 heavy (non-hydrogen) atoms. The van der Waals surface area contributed by atoms with Gasteiger partial charge in [-0.05, 0) is 52.3 Å². The Bertz CT molecular complexity index is 767. The molecule has 0 spiro atoms. The van der Waals surface area contributed by atoms with Crippen molar-refractivity contribution in [2.45, 2.75) is 26.7 Å². The molecule has 0 saturated carbocycles. The van der Waals surface area contributed by atoms with Crippen LogP contribution in [0.15, 0.2) is 72.8 Å². The highest BCUT2D eigenvalue weighted by Gasteiger charge is 2.06. The lowest BCUT2D eigenvalue weighted by atomic mass is 9.94. The lowest BCUT2D eigenvalue weighted by Crippen LogP contribution is -1.89. The topological polar surface area (TPSA) is 0 Å². The summed E-state index contributed by atoms with van der Waals surface area (Å²) < 4.78 is 0. The maximum atomic E-state index is 2.31. The lowest BCUT2D eigenvalue weighted by Gasteiger charge is -2.11. The second-order valence-electron chi connectivity index (χ2n) is 6.23. The zero-order valence-corrected chi connectivity index (χ0v) is 13.5. The molecule has 0 aromatic heterocycles. The Morgan fingerprint density at radius 1 is 0.591 bits per heavy atom. The molecular formula is C22H22. The van der Waals surface area contributed by atoms with Gasteiger partial charge in [-0.3, -0.25) is 0 Å². The van der Waals surface area contributed by atoms with E-state index in [1.54, 1.807) is 0 Å². The van der Waals surface area contributed by atoms with Gasteiger partial charge in [-0.2, -0.15) is 0 Å². The van der Waals surface area contributed by atoms with Crippen LogP contribution < -0.4 is 0 Å². The highest BCUT2D eigenvalue weighted by atomic mass is 14.1. The molecule has 0 atom stereocenters. The zero-order chi connectivity index (χ0) is 15.5. The fourth-order valence-corrected chi connectivity index (χ4v) is 2.82. The van der Waals surface area contributed by atoms with Gasteiger partial charge in [-0.15, -0.1) is 0 Å². The highest BCUT2D eigenvalue weighted by molar-refractivity contribution is 5.74. The van der Waals surface area contributed by atoms with E-state index in [4.69, 9.17) is 0 Å². The van der Waals surface area contributed by atoms with Gasteiger partial charge in [-0.1, -0.05) is 80.6 Å². The quantitative estimate of drug-likeness (QED) is 0.519. The summed E-state index contributed by atoms with van der Waals surface area (Å²) in [5, 5.41) is 0. The average molecular weight is 286 g/mol. The molecular weight excluding hydrogens is 264 g/mol. The number of rotatable bonds is 3. The standard InChI is InChI=1S/C22H22/c1-16(2)19-10-7-11-20(14-19)22-13-17(3)12-21(15-22)18-8-5-4-6-9-18/h4-16H,1-3H3. The Morgan fingerprint density at radius 2 is 1.23 bits per heavy atom. The lowest BCUT2D eigenvalue weighted by molar-refractivity contribution is 0.867. The van der Waals surface area contributed by atoms with Crippen LogP contribution in [0.2, 0.25) is 0 Å². The number of aryl methyl sites for hydroxylation is 1. The van der Waals surface area contributed by atoms with E-state index in [1.165, 1.54) is 33.4 Å². The van der Waals surface area contributed by atoms with Gasteiger partial charge in [0.05, 0.1) is 0 Å². The fourth-order valence-electron chi connectivity index (χ4n) is 2.82. The molecule has 0 heterocycles. The van der Waals surface area contributed by atoms with E-state index in [9.17, 15) is 0 Å². The van der Waals surface area contributed by atoms with Crippen molar-refractivity contribution in [1.82, 2.24) is 0 Å². The summed E-state index contributed by atoms with van der Waals surface area (Å²) in [6, 6.07) is 26.3. The van der Waals surface area contributed by atoms with Gasteiger partial charge in [0.1, 0.15) is 0 Å². The van der Waals surface area contributed by atoms with E-state index in [0.29, 0.717) is 5.92 Å². The predicted molar refractivity (Wildman–Crippen MR) is 96.1 cm³/mol. The molecule has 0 bridgehead atoms. The minimum atomic E-state index is 0.554. The van der Waals surface area contributed by atoms with Crippen molar-refractivity contribution in [3.05, 3.63) is 83.9 Å². The Kier molecular flexibility index (Phi) is 4.11. The van der Waals surface area contributed by atoms with Crippen molar-refractivity contribution in [3.8, 4) is 22.3 Å². The van der Waals surface area contributed by atoms with Crippen LogP contribution in [0, 0.1) is 6.92 Å². The Morgan fingerprint density at radius 3 is 1.91 bits per heavy atom. The molecule has 0 N–H and O–H groups in total. The van der Waals surface area contributed by atoms with Gasteiger partial charge < -0.3 is 0 Å². The van der Waals surface area contributed by atoms with E-state index >= 15 is 0 Å². The van der Waals surface area contributed by atoms with Crippen LogP contribution in [0.1, 0.15) is 30.9 Å². The summed E-state index contributed by atoms with van der Waals surface area (Å²) >= 11 is 0. The third-order valence-electron chi connectivity index (χ3n) is 4.07. The van der Waals surface area contributed by atoms with E-state index in [1.807, 2.05) is 0 Å². The summed E-state index contributed by atoms with van der Waals surface area (Å²) in [7, 11) is 0. The van der Waals surface area contributed by atoms with Crippen LogP contribution in [0.3, 0.4) is 0 Å². The van der Waals surface area contributed by atoms with Crippen LogP contribution in [-0.2, 0) is 0 Å². The monoisotopic (exact) mass is 286 g/mol. The predicted octanol–water partition coefficient (Wildman–Crippen LogP) is 6.45. The summed E-state index contributed by atoms with van der Waals surface area (Å²) in [5.41, 5.74) is 7.83. The first-order chi connectivity index (χ1) is 10.6. The van der Waals surface area contributed by atoms with E-state index < -0.39 is 0 Å². The first kappa shape index (κ1) is 14.6. The van der Waals surface area contributed by atoms with Crippen molar-refractivity contribution in [3.63, 3.8) is 0 Å². The first-order valence-electron chi connectivity index (χ1n) is 7.91. The van der Waals surface area contributed by atoms with Crippen LogP contribution in [0.5, 0.6) is 0 Å². The molecule has 3 aromatic carbocycles. The molecule has 0 saturated heterocycles. The number of benzene rings is 3. The minimum Gasteiger partial charge on any atom is -0.0622 e. The normalized spacial score (nSPS) is 10.9. The molecule has 0 heteroatoms. The molecule has 0 radical (unpaired) electrons. The van der Waals surface area contributed by atoms with Gasteiger partial charge in [0.15, 0.2) is 0 Å². The molecule has 0 fully saturated rings. The minimum absolute atomic E-state index is 0.554. The third-order valence-corrected chi connectivity index (χ3v) is 4.07. The number of hydrogen-bond acceptors (Lipinski definition) is 0. The molecule has 3 aromatic rings. The van der Waals surface area contributed by atoms with Gasteiger partial charge in [-0.25, -0.2) is 0 Å². The number of hydrogen-bond donors (Lipinski definition) is 0. The van der Waals surface area contributed by atoms with Crippen LogP contribution in [0.25, 0.3) is 22.3 Å². The Hall–Kier alpha value is -2.34. The van der Waals surface area contributed by atoms with E-state index in [0.717, 1.165) is 0 Å². The summed E-state index contributed by atoms with van der Waals surface area (Å²) in [6.07, 6.45) is 0. The maximum absolute atomic E-state index is 2.31. The van der Waals surface area contributed by atoms with Crippen molar-refractivity contribution in [2.75, 3.05) is 0 Å². The average Bonchev–Trinajstić information content (AvgIpc) is 2.55. The maximum Gasteiger partial charge on any atom is -0.0175 e. The van der Waals surface area contributed by atoms with Crippen molar-refractivity contribution in [2.24, 2.45) is 0 Å². The SMILES string of the molecule is Cc1cc(-c2ccccc2)cc(-c2cccc(C(C)C)c2)c1. The Balaban J connectivity index is 2.08. The first-order valence-corrected chi connectivity index (χ1v) is 7.91. The van der Waals surface area contributed by atoms with Crippen LogP contribution >= 0.6 is 0 Å². The largest absolute Gasteiger partial charge is 0.0622 e. The molecule has 0 nitrogen and oxygen atoms in total. The molecule has 0 aliphatic carbocycles. The molecule has 3 rings (SSSR count). The molecule has 0 aliphatic heterocycles. The second-order valence-corrected chi connectivity index (χ2v) is 6.23. The molecule has 0 unspecified atom stereocenters. The molecule has 0 aliphatic rings. The zero-order valence-electron chi connectivity index (χ0n) is 13.5. The summed E-state index contributed by atoms with van der Waals surface area (Å²) in [6.45, 7) is 6.65. The smallest absolute Gasteiger partial charge is 0.0175 e. The summed E-state index contributed by atoms with van der Waals surface area (Å²) in [5.74, 6) is 0.554. The van der Waals surface area contributed by atoms with E-state index in [-0.39, 0.29) is 0 Å². The van der Waals surface area contributed by atoms with E-state index in [2.05, 4.69) is 93.6 Å². The van der Waals surface area contributed by atoms with Gasteiger partial charge in [0.25, 0.3) is 0 Å².